The smallest absolute Gasteiger partial charge is 0.330 e. The van der Waals surface area contributed by atoms with Gasteiger partial charge in [0.2, 0.25) is 0 Å². The summed E-state index contributed by atoms with van der Waals surface area (Å²) in [5, 5.41) is 0. The van der Waals surface area contributed by atoms with Crippen LogP contribution in [-0.4, -0.2) is 18.7 Å². The number of esters is 1. The average Bonchev–Trinajstić information content (AvgIpc) is 3.07. The van der Waals surface area contributed by atoms with Crippen LogP contribution in [0.15, 0.2) is 42.5 Å². The number of epoxide rings is 1. The first kappa shape index (κ1) is 10.9. The molecule has 0 N–H and O–H groups in total. The van der Waals surface area contributed by atoms with Crippen LogP contribution in [0.5, 0.6) is 0 Å². The van der Waals surface area contributed by atoms with Crippen molar-refractivity contribution < 1.29 is 14.3 Å². The molecule has 84 valence electrons. The molecule has 0 aliphatic carbocycles. The van der Waals surface area contributed by atoms with Gasteiger partial charge in [0, 0.05) is 6.08 Å². The minimum Gasteiger partial charge on any atom is -0.463 e. The third kappa shape index (κ3) is 2.70. The molecule has 1 aliphatic rings. The Morgan fingerprint density at radius 2 is 2.19 bits per heavy atom. The highest BCUT2D eigenvalue weighted by molar-refractivity contribution is 5.82. The molecule has 1 heterocycles. The summed E-state index contributed by atoms with van der Waals surface area (Å²) in [5.41, 5.74) is 1.14. The van der Waals surface area contributed by atoms with E-state index in [1.807, 2.05) is 30.3 Å². The van der Waals surface area contributed by atoms with Crippen molar-refractivity contribution in [1.29, 1.82) is 0 Å². The molecule has 0 radical (unpaired) electrons. The molecule has 1 aromatic rings. The summed E-state index contributed by atoms with van der Waals surface area (Å²) in [7, 11) is 0. The Hall–Kier alpha value is -1.61. The Morgan fingerprint density at radius 3 is 2.88 bits per heavy atom. The Bertz CT molecular complexity index is 383. The minimum atomic E-state index is -0.315. The van der Waals surface area contributed by atoms with Crippen LogP contribution in [0, 0.1) is 0 Å². The van der Waals surface area contributed by atoms with Gasteiger partial charge in [-0.15, -0.1) is 0 Å². The number of benzene rings is 1. The molecule has 2 rings (SSSR count). The topological polar surface area (TPSA) is 38.8 Å². The SMILES string of the molecule is CCOC(=O)/C=C/C1OC1c1ccccc1. The fourth-order valence-corrected chi connectivity index (χ4v) is 1.54. The van der Waals surface area contributed by atoms with Gasteiger partial charge >= 0.3 is 5.97 Å². The Morgan fingerprint density at radius 1 is 1.44 bits per heavy atom. The first-order valence-electron chi connectivity index (χ1n) is 5.36. The molecule has 0 saturated carbocycles. The fraction of sp³-hybridized carbons (Fsp3) is 0.308. The van der Waals surface area contributed by atoms with E-state index in [-0.39, 0.29) is 18.2 Å². The highest BCUT2D eigenvalue weighted by atomic mass is 16.6. The van der Waals surface area contributed by atoms with Crippen LogP contribution in [0.3, 0.4) is 0 Å². The molecule has 1 saturated heterocycles. The number of ether oxygens (including phenoxy) is 2. The van der Waals surface area contributed by atoms with E-state index in [1.165, 1.54) is 6.08 Å². The summed E-state index contributed by atoms with van der Waals surface area (Å²) in [5.74, 6) is -0.315. The maximum Gasteiger partial charge on any atom is 0.330 e. The van der Waals surface area contributed by atoms with Crippen molar-refractivity contribution in [3.8, 4) is 0 Å². The summed E-state index contributed by atoms with van der Waals surface area (Å²) >= 11 is 0. The molecular weight excluding hydrogens is 204 g/mol. The van der Waals surface area contributed by atoms with Crippen LogP contribution < -0.4 is 0 Å². The van der Waals surface area contributed by atoms with Gasteiger partial charge in [0.05, 0.1) is 6.61 Å². The lowest BCUT2D eigenvalue weighted by Crippen LogP contribution is -1.99. The quantitative estimate of drug-likeness (QED) is 0.442. The van der Waals surface area contributed by atoms with Gasteiger partial charge in [-0.25, -0.2) is 4.79 Å². The zero-order chi connectivity index (χ0) is 11.4. The molecule has 0 spiro atoms. The molecule has 0 aromatic heterocycles. The third-order valence-electron chi connectivity index (χ3n) is 2.36. The van der Waals surface area contributed by atoms with E-state index in [1.54, 1.807) is 13.0 Å². The number of hydrogen-bond donors (Lipinski definition) is 0. The Kier molecular flexibility index (Phi) is 3.37. The van der Waals surface area contributed by atoms with Gasteiger partial charge in [-0.2, -0.15) is 0 Å². The zero-order valence-corrected chi connectivity index (χ0v) is 9.13. The minimum absolute atomic E-state index is 0.00630. The highest BCUT2D eigenvalue weighted by Crippen LogP contribution is 2.39. The lowest BCUT2D eigenvalue weighted by atomic mass is 10.1. The van der Waals surface area contributed by atoms with Crippen LogP contribution in [0.25, 0.3) is 0 Å². The van der Waals surface area contributed by atoms with E-state index < -0.39 is 0 Å². The molecule has 1 fully saturated rings. The summed E-state index contributed by atoms with van der Waals surface area (Å²) in [6, 6.07) is 9.95. The second kappa shape index (κ2) is 4.94. The fourth-order valence-electron chi connectivity index (χ4n) is 1.54. The van der Waals surface area contributed by atoms with Crippen molar-refractivity contribution >= 4 is 5.97 Å². The number of carbonyl (C=O) groups excluding carboxylic acids is 1. The predicted octanol–water partition coefficient (Wildman–Crippen LogP) is 2.25. The van der Waals surface area contributed by atoms with Crippen LogP contribution in [0.4, 0.5) is 0 Å². The number of rotatable bonds is 4. The summed E-state index contributed by atoms with van der Waals surface area (Å²) in [6.07, 6.45) is 3.27. The molecule has 1 aromatic carbocycles. The van der Waals surface area contributed by atoms with Crippen LogP contribution in [0.1, 0.15) is 18.6 Å². The summed E-state index contributed by atoms with van der Waals surface area (Å²) < 4.78 is 10.2. The largest absolute Gasteiger partial charge is 0.463 e. The van der Waals surface area contributed by atoms with Gasteiger partial charge in [-0.3, -0.25) is 0 Å². The van der Waals surface area contributed by atoms with E-state index in [0.29, 0.717) is 6.61 Å². The van der Waals surface area contributed by atoms with Gasteiger partial charge in [0.25, 0.3) is 0 Å². The van der Waals surface area contributed by atoms with Crippen LogP contribution in [0.2, 0.25) is 0 Å². The lowest BCUT2D eigenvalue weighted by Gasteiger charge is -1.93. The van der Waals surface area contributed by atoms with Crippen molar-refractivity contribution in [3.63, 3.8) is 0 Å². The van der Waals surface area contributed by atoms with Crippen LogP contribution in [-0.2, 0) is 14.3 Å². The van der Waals surface area contributed by atoms with Crippen molar-refractivity contribution in [2.75, 3.05) is 6.61 Å². The van der Waals surface area contributed by atoms with Gasteiger partial charge in [-0.05, 0) is 18.6 Å². The van der Waals surface area contributed by atoms with Crippen molar-refractivity contribution in [1.82, 2.24) is 0 Å². The molecule has 2 unspecified atom stereocenters. The second-order valence-corrected chi connectivity index (χ2v) is 3.54. The van der Waals surface area contributed by atoms with E-state index in [0.717, 1.165) is 5.56 Å². The molecular formula is C13H14O3. The molecule has 2 atom stereocenters. The Balaban J connectivity index is 1.86. The predicted molar refractivity (Wildman–Crippen MR) is 59.8 cm³/mol. The Labute approximate surface area is 94.7 Å². The summed E-state index contributed by atoms with van der Waals surface area (Å²) in [4.78, 5) is 11.1. The first-order chi connectivity index (χ1) is 7.81. The van der Waals surface area contributed by atoms with Crippen molar-refractivity contribution in [2.45, 2.75) is 19.1 Å². The monoisotopic (exact) mass is 218 g/mol. The maximum atomic E-state index is 11.1. The van der Waals surface area contributed by atoms with E-state index >= 15 is 0 Å². The molecule has 16 heavy (non-hydrogen) atoms. The first-order valence-corrected chi connectivity index (χ1v) is 5.36. The molecule has 1 aliphatic heterocycles. The molecule has 0 bridgehead atoms. The zero-order valence-electron chi connectivity index (χ0n) is 9.13. The van der Waals surface area contributed by atoms with Gasteiger partial charge in [0.15, 0.2) is 0 Å². The standard InChI is InChI=1S/C13H14O3/c1-2-15-12(14)9-8-11-13(16-11)10-6-4-3-5-7-10/h3-9,11,13H,2H2,1H3/b9-8+. The molecule has 3 heteroatoms. The number of hydrogen-bond acceptors (Lipinski definition) is 3. The van der Waals surface area contributed by atoms with Crippen molar-refractivity contribution in [3.05, 3.63) is 48.0 Å². The second-order valence-electron chi connectivity index (χ2n) is 3.54. The summed E-state index contributed by atoms with van der Waals surface area (Å²) in [6.45, 7) is 2.18. The molecule has 3 nitrogen and oxygen atoms in total. The third-order valence-corrected chi connectivity index (χ3v) is 2.36. The van der Waals surface area contributed by atoms with Crippen molar-refractivity contribution in [2.24, 2.45) is 0 Å². The van der Waals surface area contributed by atoms with E-state index in [4.69, 9.17) is 9.47 Å². The van der Waals surface area contributed by atoms with E-state index in [9.17, 15) is 4.79 Å². The van der Waals surface area contributed by atoms with Crippen LogP contribution >= 0.6 is 0 Å². The van der Waals surface area contributed by atoms with Gasteiger partial charge in [0.1, 0.15) is 12.2 Å². The lowest BCUT2D eigenvalue weighted by molar-refractivity contribution is -0.137. The highest BCUT2D eigenvalue weighted by Gasteiger charge is 2.37. The number of carbonyl (C=O) groups is 1. The van der Waals surface area contributed by atoms with E-state index in [2.05, 4.69) is 0 Å². The maximum absolute atomic E-state index is 11.1. The molecule has 0 amide bonds. The van der Waals surface area contributed by atoms with Gasteiger partial charge < -0.3 is 9.47 Å². The van der Waals surface area contributed by atoms with Gasteiger partial charge in [-0.1, -0.05) is 30.3 Å². The average molecular weight is 218 g/mol. The normalized spacial score (nSPS) is 23.3.